The fourth-order valence-corrected chi connectivity index (χ4v) is 5.07. The highest BCUT2D eigenvalue weighted by Crippen LogP contribution is 2.33. The Kier molecular flexibility index (Phi) is 5.05. The number of nitrogens with zero attached hydrogens (tertiary/aromatic N) is 2. The normalized spacial score (nSPS) is 13.0. The van der Waals surface area contributed by atoms with Crippen LogP contribution in [0.15, 0.2) is 83.9 Å². The van der Waals surface area contributed by atoms with Crippen molar-refractivity contribution >= 4 is 34.3 Å². The first-order valence-electron chi connectivity index (χ1n) is 10.0. The number of fused-ring (bicyclic) bond motifs is 2. The summed E-state index contributed by atoms with van der Waals surface area (Å²) in [6.07, 6.45) is 2.99. The van der Waals surface area contributed by atoms with Gasteiger partial charge in [0.15, 0.2) is 0 Å². The minimum absolute atomic E-state index is 0.131. The van der Waals surface area contributed by atoms with Gasteiger partial charge in [-0.2, -0.15) is 0 Å². The molecule has 0 saturated heterocycles. The summed E-state index contributed by atoms with van der Waals surface area (Å²) in [4.78, 5) is 15.9. The number of anilines is 1. The average Bonchev–Trinajstić information content (AvgIpc) is 3.34. The maximum absolute atomic E-state index is 13.6. The summed E-state index contributed by atoms with van der Waals surface area (Å²) in [5, 5.41) is 1.12. The number of rotatable bonds is 5. The third-order valence-electron chi connectivity index (χ3n) is 5.53. The predicted octanol–water partition coefficient (Wildman–Crippen LogP) is 5.51. The summed E-state index contributed by atoms with van der Waals surface area (Å²) >= 11 is 1.57. The van der Waals surface area contributed by atoms with Crippen LogP contribution in [0.3, 0.4) is 0 Å². The van der Waals surface area contributed by atoms with Gasteiger partial charge in [-0.25, -0.2) is 4.39 Å². The molecular formula is C25H21FN2OS. The molecule has 30 heavy (non-hydrogen) atoms. The van der Waals surface area contributed by atoms with Crippen LogP contribution in [0.2, 0.25) is 0 Å². The number of benzene rings is 3. The lowest BCUT2D eigenvalue weighted by molar-refractivity contribution is -0.116. The monoisotopic (exact) mass is 416 g/mol. The quantitative estimate of drug-likeness (QED) is 0.401. The van der Waals surface area contributed by atoms with Gasteiger partial charge in [-0.15, -0.1) is 11.8 Å². The first-order chi connectivity index (χ1) is 14.7. The van der Waals surface area contributed by atoms with Crippen molar-refractivity contribution in [3.05, 3.63) is 95.9 Å². The topological polar surface area (TPSA) is 25.2 Å². The van der Waals surface area contributed by atoms with Gasteiger partial charge in [-0.05, 0) is 41.8 Å². The van der Waals surface area contributed by atoms with E-state index in [4.69, 9.17) is 0 Å². The van der Waals surface area contributed by atoms with Crippen LogP contribution in [-0.2, 0) is 17.8 Å². The molecule has 0 fully saturated rings. The molecule has 0 aliphatic carbocycles. The van der Waals surface area contributed by atoms with Gasteiger partial charge in [0.2, 0.25) is 5.91 Å². The molecule has 1 aliphatic heterocycles. The summed E-state index contributed by atoms with van der Waals surface area (Å²) in [6.45, 7) is 1.34. The van der Waals surface area contributed by atoms with E-state index in [9.17, 15) is 9.18 Å². The van der Waals surface area contributed by atoms with Crippen molar-refractivity contribution < 1.29 is 9.18 Å². The maximum Gasteiger partial charge on any atom is 0.237 e. The Bertz CT molecular complexity index is 1230. The molecule has 0 radical (unpaired) electrons. The van der Waals surface area contributed by atoms with Gasteiger partial charge in [-0.3, -0.25) is 4.79 Å². The van der Waals surface area contributed by atoms with Gasteiger partial charge < -0.3 is 9.47 Å². The minimum Gasteiger partial charge on any atom is -0.342 e. The number of aromatic nitrogens is 1. The van der Waals surface area contributed by atoms with E-state index in [1.54, 1.807) is 23.9 Å². The van der Waals surface area contributed by atoms with Gasteiger partial charge in [-0.1, -0.05) is 48.5 Å². The first-order valence-corrected chi connectivity index (χ1v) is 11.0. The van der Waals surface area contributed by atoms with Crippen molar-refractivity contribution in [1.82, 2.24) is 4.57 Å². The van der Waals surface area contributed by atoms with Crippen molar-refractivity contribution in [2.75, 3.05) is 17.2 Å². The zero-order valence-corrected chi connectivity index (χ0v) is 17.2. The summed E-state index contributed by atoms with van der Waals surface area (Å²) < 4.78 is 15.7. The second-order valence-corrected chi connectivity index (χ2v) is 8.50. The van der Waals surface area contributed by atoms with Crippen molar-refractivity contribution in [3.63, 3.8) is 0 Å². The molecule has 4 aromatic rings. The second kappa shape index (κ2) is 8.00. The summed E-state index contributed by atoms with van der Waals surface area (Å²) in [5.74, 6) is 0.296. The molecule has 0 saturated carbocycles. The summed E-state index contributed by atoms with van der Waals surface area (Å²) in [6, 6.07) is 23.0. The zero-order chi connectivity index (χ0) is 20.5. The molecule has 5 rings (SSSR count). The van der Waals surface area contributed by atoms with Gasteiger partial charge in [0.1, 0.15) is 5.82 Å². The number of carbonyl (C=O) groups excluding carboxylic acids is 1. The van der Waals surface area contributed by atoms with E-state index in [2.05, 4.69) is 29.0 Å². The molecule has 150 valence electrons. The van der Waals surface area contributed by atoms with E-state index in [1.807, 2.05) is 41.3 Å². The van der Waals surface area contributed by atoms with Crippen molar-refractivity contribution in [2.45, 2.75) is 17.9 Å². The van der Waals surface area contributed by atoms with Gasteiger partial charge in [0, 0.05) is 40.8 Å². The number of hydrogen-bond donors (Lipinski definition) is 0. The molecule has 3 nitrogen and oxygen atoms in total. The number of carbonyl (C=O) groups is 1. The van der Waals surface area contributed by atoms with E-state index >= 15 is 0 Å². The van der Waals surface area contributed by atoms with Crippen LogP contribution in [0.25, 0.3) is 10.9 Å². The average molecular weight is 417 g/mol. The molecule has 0 bridgehead atoms. The van der Waals surface area contributed by atoms with Crippen LogP contribution in [0.4, 0.5) is 10.1 Å². The standard InChI is InChI=1S/C25H21FN2OS/c26-20-8-5-6-18(14-20)15-27-16-24(21-9-2-4-11-23(21)27)30-17-25(29)28-13-12-19-7-1-3-10-22(19)28/h1-11,14,16H,12-13,15,17H2. The molecule has 1 aromatic heterocycles. The van der Waals surface area contributed by atoms with Gasteiger partial charge >= 0.3 is 0 Å². The lowest BCUT2D eigenvalue weighted by atomic mass is 10.2. The van der Waals surface area contributed by atoms with E-state index in [0.29, 0.717) is 12.3 Å². The molecule has 3 aromatic carbocycles. The third kappa shape index (κ3) is 3.61. The molecule has 2 heterocycles. The van der Waals surface area contributed by atoms with Crippen LogP contribution in [0.1, 0.15) is 11.1 Å². The number of amides is 1. The molecule has 1 aliphatic rings. The second-order valence-electron chi connectivity index (χ2n) is 7.48. The Balaban J connectivity index is 1.37. The smallest absolute Gasteiger partial charge is 0.237 e. The van der Waals surface area contributed by atoms with Crippen LogP contribution >= 0.6 is 11.8 Å². The summed E-state index contributed by atoms with van der Waals surface area (Å²) in [5.41, 5.74) is 4.28. The van der Waals surface area contributed by atoms with Crippen molar-refractivity contribution in [2.24, 2.45) is 0 Å². The van der Waals surface area contributed by atoms with Crippen LogP contribution < -0.4 is 4.90 Å². The molecule has 5 heteroatoms. The molecule has 0 spiro atoms. The van der Waals surface area contributed by atoms with Gasteiger partial charge in [0.25, 0.3) is 0 Å². The number of hydrogen-bond acceptors (Lipinski definition) is 2. The van der Waals surface area contributed by atoms with Crippen LogP contribution in [-0.4, -0.2) is 22.8 Å². The highest BCUT2D eigenvalue weighted by Gasteiger charge is 2.24. The molecule has 0 unspecified atom stereocenters. The number of halogens is 1. The predicted molar refractivity (Wildman–Crippen MR) is 121 cm³/mol. The fourth-order valence-electron chi connectivity index (χ4n) is 4.11. The number of thioether (sulfide) groups is 1. The largest absolute Gasteiger partial charge is 0.342 e. The Morgan fingerprint density at radius 2 is 1.83 bits per heavy atom. The summed E-state index contributed by atoms with van der Waals surface area (Å²) in [7, 11) is 0. The SMILES string of the molecule is O=C(CSc1cn(Cc2cccc(F)c2)c2ccccc12)N1CCc2ccccc21. The molecular weight excluding hydrogens is 395 g/mol. The lowest BCUT2D eigenvalue weighted by Crippen LogP contribution is -2.30. The highest BCUT2D eigenvalue weighted by molar-refractivity contribution is 8.00. The lowest BCUT2D eigenvalue weighted by Gasteiger charge is -2.16. The van der Waals surface area contributed by atoms with Crippen LogP contribution in [0, 0.1) is 5.82 Å². The zero-order valence-electron chi connectivity index (χ0n) is 16.4. The van der Waals surface area contributed by atoms with E-state index < -0.39 is 0 Å². The van der Waals surface area contributed by atoms with E-state index in [0.717, 1.165) is 40.0 Å². The third-order valence-corrected chi connectivity index (χ3v) is 6.56. The Morgan fingerprint density at radius 1 is 1.00 bits per heavy atom. The van der Waals surface area contributed by atoms with E-state index in [1.165, 1.54) is 11.6 Å². The number of para-hydroxylation sites is 2. The van der Waals surface area contributed by atoms with E-state index in [-0.39, 0.29) is 11.7 Å². The first kappa shape index (κ1) is 18.9. The van der Waals surface area contributed by atoms with Gasteiger partial charge in [0.05, 0.1) is 5.75 Å². The molecule has 0 N–H and O–H groups in total. The maximum atomic E-state index is 13.6. The Labute approximate surface area is 179 Å². The van der Waals surface area contributed by atoms with Crippen molar-refractivity contribution in [1.29, 1.82) is 0 Å². The minimum atomic E-state index is -0.227. The van der Waals surface area contributed by atoms with Crippen molar-refractivity contribution in [3.8, 4) is 0 Å². The molecule has 1 amide bonds. The highest BCUT2D eigenvalue weighted by atomic mass is 32.2. The van der Waals surface area contributed by atoms with Crippen LogP contribution in [0.5, 0.6) is 0 Å². The molecule has 0 atom stereocenters. The Hall–Kier alpha value is -3.05. The Morgan fingerprint density at radius 3 is 2.73 bits per heavy atom. The fraction of sp³-hybridized carbons (Fsp3) is 0.160.